The van der Waals surface area contributed by atoms with E-state index < -0.39 is 6.10 Å². The molecular weight excluding hydrogens is 1010 g/mol. The van der Waals surface area contributed by atoms with Gasteiger partial charge in [0, 0.05) is 19.3 Å². The van der Waals surface area contributed by atoms with Crippen molar-refractivity contribution >= 4 is 17.9 Å². The molecule has 82 heavy (non-hydrogen) atoms. The van der Waals surface area contributed by atoms with Gasteiger partial charge < -0.3 is 14.2 Å². The third-order valence-electron chi connectivity index (χ3n) is 16.2. The third-order valence-corrected chi connectivity index (χ3v) is 16.2. The molecule has 0 rings (SSSR count). The molecule has 6 nitrogen and oxygen atoms in total. The summed E-state index contributed by atoms with van der Waals surface area (Å²) in [6.45, 7) is 6.66. The average Bonchev–Trinajstić information content (AvgIpc) is 3.47. The van der Waals surface area contributed by atoms with Gasteiger partial charge in [-0.25, -0.2) is 0 Å². The van der Waals surface area contributed by atoms with Gasteiger partial charge in [0.2, 0.25) is 0 Å². The molecule has 478 valence electrons. The largest absolute Gasteiger partial charge is 0.462 e. The Balaban J connectivity index is 4.33. The molecule has 0 fully saturated rings. The van der Waals surface area contributed by atoms with E-state index in [1.54, 1.807) is 0 Å². The Kier molecular flexibility index (Phi) is 68.1. The quantitative estimate of drug-likeness (QED) is 0.0261. The van der Waals surface area contributed by atoms with Crippen LogP contribution in [0, 0.1) is 0 Å². The summed E-state index contributed by atoms with van der Waals surface area (Å²) in [5, 5.41) is 0. The summed E-state index contributed by atoms with van der Waals surface area (Å²) >= 11 is 0. The first-order valence-corrected chi connectivity index (χ1v) is 36.3. The lowest BCUT2D eigenvalue weighted by atomic mass is 10.0. The molecule has 0 aliphatic heterocycles. The van der Waals surface area contributed by atoms with Crippen LogP contribution in [0.25, 0.3) is 0 Å². The second-order valence-corrected chi connectivity index (χ2v) is 24.5. The molecule has 0 aromatic rings. The third kappa shape index (κ3) is 67.9. The fourth-order valence-electron chi connectivity index (χ4n) is 10.8. The molecule has 0 saturated heterocycles. The van der Waals surface area contributed by atoms with Crippen LogP contribution in [0.2, 0.25) is 0 Å². The Morgan fingerprint density at radius 2 is 0.439 bits per heavy atom. The van der Waals surface area contributed by atoms with Crippen LogP contribution in [0.4, 0.5) is 0 Å². The summed E-state index contributed by atoms with van der Waals surface area (Å²) in [7, 11) is 0. The maximum atomic E-state index is 13.0. The van der Waals surface area contributed by atoms with Gasteiger partial charge in [0.15, 0.2) is 6.10 Å². The smallest absolute Gasteiger partial charge is 0.306 e. The van der Waals surface area contributed by atoms with Crippen molar-refractivity contribution in [3.05, 3.63) is 60.8 Å². The van der Waals surface area contributed by atoms with E-state index >= 15 is 0 Å². The van der Waals surface area contributed by atoms with Crippen LogP contribution >= 0.6 is 0 Å². The molecule has 6 heteroatoms. The van der Waals surface area contributed by atoms with Crippen LogP contribution in [0.5, 0.6) is 0 Å². The van der Waals surface area contributed by atoms with E-state index in [0.717, 1.165) is 89.9 Å². The predicted octanol–water partition coefficient (Wildman–Crippen LogP) is 25.1. The number of rotatable bonds is 67. The lowest BCUT2D eigenvalue weighted by molar-refractivity contribution is -0.167. The molecule has 0 bridgehead atoms. The molecule has 0 aliphatic rings. The zero-order chi connectivity index (χ0) is 59.2. The minimum atomic E-state index is -0.783. The van der Waals surface area contributed by atoms with Gasteiger partial charge in [0.25, 0.3) is 0 Å². The summed E-state index contributed by atoms with van der Waals surface area (Å²) in [5.74, 6) is -0.866. The zero-order valence-corrected chi connectivity index (χ0v) is 55.0. The Morgan fingerprint density at radius 1 is 0.244 bits per heavy atom. The number of carbonyl (C=O) groups excluding carboxylic acids is 3. The van der Waals surface area contributed by atoms with E-state index in [0.29, 0.717) is 19.3 Å². The van der Waals surface area contributed by atoms with Gasteiger partial charge in [-0.2, -0.15) is 0 Å². The van der Waals surface area contributed by atoms with Gasteiger partial charge in [-0.05, 0) is 89.9 Å². The Bertz CT molecular complexity index is 1460. The number of carbonyl (C=O) groups is 3. The van der Waals surface area contributed by atoms with E-state index in [1.165, 1.54) is 257 Å². The fourth-order valence-corrected chi connectivity index (χ4v) is 10.8. The summed E-state index contributed by atoms with van der Waals surface area (Å²) < 4.78 is 17.0. The second kappa shape index (κ2) is 70.6. The zero-order valence-electron chi connectivity index (χ0n) is 55.0. The predicted molar refractivity (Wildman–Crippen MR) is 358 cm³/mol. The first-order chi connectivity index (χ1) is 40.5. The maximum absolute atomic E-state index is 13.0. The van der Waals surface area contributed by atoms with E-state index in [-0.39, 0.29) is 31.1 Å². The van der Waals surface area contributed by atoms with Gasteiger partial charge in [-0.3, -0.25) is 14.4 Å². The normalized spacial score (nSPS) is 12.4. The van der Waals surface area contributed by atoms with E-state index in [9.17, 15) is 14.4 Å². The summed E-state index contributed by atoms with van der Waals surface area (Å²) in [5.41, 5.74) is 0. The van der Waals surface area contributed by atoms with Gasteiger partial charge in [0.1, 0.15) is 13.2 Å². The molecular formula is C76H138O6. The number of hydrogen-bond donors (Lipinski definition) is 0. The number of esters is 3. The number of allylic oxidation sites excluding steroid dienone is 10. The molecule has 0 spiro atoms. The number of unbranched alkanes of at least 4 members (excludes halogenated alkanes) is 46. The van der Waals surface area contributed by atoms with Gasteiger partial charge in [-0.15, -0.1) is 0 Å². The standard InChI is InChI=1S/C76H138O6/c1-4-7-10-13-16-19-22-25-28-31-33-35-37-39-40-42-45-48-51-54-57-60-63-66-69-75(78)81-72-73(71-80-74(77)68-65-62-59-56-53-50-47-44-30-27-24-21-18-15-12-9-6-3)82-76(79)70-67-64-61-58-55-52-49-46-43-41-38-36-34-32-29-26-23-20-17-14-11-8-5-2/h18,21,23,26-27,30,32,34,38,41,73H,4-17,19-20,22,24-25,28-29,31,33,35-37,39-40,42-72H2,1-3H3/b21-18-,26-23-,30-27-,34-32-,41-38-. The SMILES string of the molecule is CCCCC/C=C\C/C=C\CCCCCCCCCC(=O)OCC(COC(=O)CCCCCCCCCCCCCCCCCCCCCCCCCC)OC(=O)CCCCCCCCCC/C=C\C/C=C\C/C=C\CCCCCCC. The van der Waals surface area contributed by atoms with Crippen molar-refractivity contribution in [3.63, 3.8) is 0 Å². The Morgan fingerprint density at radius 3 is 0.707 bits per heavy atom. The van der Waals surface area contributed by atoms with Crippen LogP contribution < -0.4 is 0 Å². The highest BCUT2D eigenvalue weighted by Crippen LogP contribution is 2.18. The number of hydrogen-bond acceptors (Lipinski definition) is 6. The van der Waals surface area contributed by atoms with Crippen molar-refractivity contribution in [1.82, 2.24) is 0 Å². The van der Waals surface area contributed by atoms with Crippen molar-refractivity contribution in [1.29, 1.82) is 0 Å². The molecule has 1 unspecified atom stereocenters. The van der Waals surface area contributed by atoms with Gasteiger partial charge >= 0.3 is 17.9 Å². The first kappa shape index (κ1) is 79.1. The maximum Gasteiger partial charge on any atom is 0.306 e. The van der Waals surface area contributed by atoms with Crippen molar-refractivity contribution in [2.45, 2.75) is 393 Å². The van der Waals surface area contributed by atoms with Crippen LogP contribution in [-0.2, 0) is 28.6 Å². The molecule has 0 aliphatic carbocycles. The lowest BCUT2D eigenvalue weighted by Gasteiger charge is -2.18. The fraction of sp³-hybridized carbons (Fsp3) is 0.829. The van der Waals surface area contributed by atoms with E-state index in [4.69, 9.17) is 14.2 Å². The number of ether oxygens (including phenoxy) is 3. The monoisotopic (exact) mass is 1150 g/mol. The summed E-state index contributed by atoms with van der Waals surface area (Å²) in [4.78, 5) is 38.5. The van der Waals surface area contributed by atoms with Crippen LogP contribution in [0.3, 0.4) is 0 Å². The van der Waals surface area contributed by atoms with Gasteiger partial charge in [0.05, 0.1) is 0 Å². The molecule has 0 N–H and O–H groups in total. The van der Waals surface area contributed by atoms with Crippen molar-refractivity contribution < 1.29 is 28.6 Å². The topological polar surface area (TPSA) is 78.9 Å². The molecule has 0 aromatic heterocycles. The summed E-state index contributed by atoms with van der Waals surface area (Å²) in [6, 6.07) is 0. The summed E-state index contributed by atoms with van der Waals surface area (Å²) in [6.07, 6.45) is 91.0. The van der Waals surface area contributed by atoms with E-state index in [2.05, 4.69) is 81.5 Å². The van der Waals surface area contributed by atoms with Crippen molar-refractivity contribution in [2.75, 3.05) is 13.2 Å². The van der Waals surface area contributed by atoms with Crippen molar-refractivity contribution in [3.8, 4) is 0 Å². The van der Waals surface area contributed by atoms with Gasteiger partial charge in [-0.1, -0.05) is 338 Å². The first-order valence-electron chi connectivity index (χ1n) is 36.3. The Hall–Kier alpha value is -2.89. The molecule has 1 atom stereocenters. The van der Waals surface area contributed by atoms with E-state index in [1.807, 2.05) is 0 Å². The molecule has 0 saturated carbocycles. The highest BCUT2D eigenvalue weighted by atomic mass is 16.6. The second-order valence-electron chi connectivity index (χ2n) is 24.5. The minimum Gasteiger partial charge on any atom is -0.462 e. The molecule has 0 aromatic carbocycles. The molecule has 0 radical (unpaired) electrons. The highest BCUT2D eigenvalue weighted by Gasteiger charge is 2.19. The molecule has 0 heterocycles. The van der Waals surface area contributed by atoms with Crippen LogP contribution in [0.1, 0.15) is 387 Å². The van der Waals surface area contributed by atoms with Crippen LogP contribution in [-0.4, -0.2) is 37.2 Å². The minimum absolute atomic E-state index is 0.0761. The van der Waals surface area contributed by atoms with Crippen molar-refractivity contribution in [2.24, 2.45) is 0 Å². The average molecular weight is 1150 g/mol. The molecule has 0 amide bonds. The van der Waals surface area contributed by atoms with Crippen LogP contribution in [0.15, 0.2) is 60.8 Å². The Labute approximate surface area is 510 Å². The lowest BCUT2D eigenvalue weighted by Crippen LogP contribution is -2.30. The highest BCUT2D eigenvalue weighted by molar-refractivity contribution is 5.71.